The molecule has 3 nitrogen and oxygen atoms in total. The molecule has 0 saturated heterocycles. The van der Waals surface area contributed by atoms with Gasteiger partial charge in [0.1, 0.15) is 6.17 Å². The number of aryl methyl sites for hydroxylation is 1. The molecule has 0 aliphatic carbocycles. The van der Waals surface area contributed by atoms with Gasteiger partial charge in [-0.05, 0) is 37.7 Å². The van der Waals surface area contributed by atoms with Crippen LogP contribution in [0.5, 0.6) is 5.75 Å². The number of halogens is 2. The van der Waals surface area contributed by atoms with Gasteiger partial charge in [0.05, 0.1) is 25.2 Å². The molecule has 0 bridgehead atoms. The van der Waals surface area contributed by atoms with E-state index in [1.807, 2.05) is 0 Å². The van der Waals surface area contributed by atoms with Gasteiger partial charge in [-0.25, -0.2) is 18.7 Å². The maximum absolute atomic E-state index is 13.8. The molecule has 0 spiro atoms. The van der Waals surface area contributed by atoms with Crippen LogP contribution in [0.15, 0.2) is 36.7 Å². The van der Waals surface area contributed by atoms with Crippen LogP contribution in [0.25, 0.3) is 11.4 Å². The quantitative estimate of drug-likeness (QED) is 0.174. The van der Waals surface area contributed by atoms with Gasteiger partial charge in [0.2, 0.25) is 0 Å². The molecule has 35 heavy (non-hydrogen) atoms. The molecule has 2 atom stereocenters. The lowest BCUT2D eigenvalue weighted by Crippen LogP contribution is -2.10. The van der Waals surface area contributed by atoms with Crippen molar-refractivity contribution in [3.8, 4) is 17.1 Å². The predicted molar refractivity (Wildman–Crippen MR) is 142 cm³/mol. The summed E-state index contributed by atoms with van der Waals surface area (Å²) < 4.78 is 32.6. The van der Waals surface area contributed by atoms with Crippen LogP contribution in [-0.4, -0.2) is 28.9 Å². The van der Waals surface area contributed by atoms with E-state index < -0.39 is 12.3 Å². The number of rotatable bonds is 20. The summed E-state index contributed by atoms with van der Waals surface area (Å²) >= 11 is 0. The van der Waals surface area contributed by atoms with Crippen LogP contribution in [0.2, 0.25) is 0 Å². The largest absolute Gasteiger partial charge is 0.490 e. The summed E-state index contributed by atoms with van der Waals surface area (Å²) in [5.74, 6) is 1.18. The Morgan fingerprint density at radius 2 is 1.29 bits per heavy atom. The SMILES string of the molecule is CCCCCCCCCCCCc1ccc(-c2ncc(OCCC(F)CCC(F)CC)cn2)cc1. The number of alkyl halides is 2. The first kappa shape index (κ1) is 29.2. The lowest BCUT2D eigenvalue weighted by atomic mass is 10.0. The zero-order valence-electron chi connectivity index (χ0n) is 22.0. The Morgan fingerprint density at radius 3 is 1.89 bits per heavy atom. The van der Waals surface area contributed by atoms with Crippen molar-refractivity contribution in [3.63, 3.8) is 0 Å². The average Bonchev–Trinajstić information content (AvgIpc) is 2.89. The minimum atomic E-state index is -1.04. The van der Waals surface area contributed by atoms with Gasteiger partial charge in [-0.2, -0.15) is 0 Å². The summed E-state index contributed by atoms with van der Waals surface area (Å²) in [4.78, 5) is 8.79. The van der Waals surface area contributed by atoms with Crippen molar-refractivity contribution < 1.29 is 13.5 Å². The number of aromatic nitrogens is 2. The van der Waals surface area contributed by atoms with Crippen LogP contribution in [0, 0.1) is 0 Å². The lowest BCUT2D eigenvalue weighted by molar-refractivity contribution is 0.202. The van der Waals surface area contributed by atoms with Gasteiger partial charge in [-0.15, -0.1) is 0 Å². The molecule has 0 fully saturated rings. The highest BCUT2D eigenvalue weighted by molar-refractivity contribution is 5.55. The monoisotopic (exact) mass is 488 g/mol. The fourth-order valence-corrected chi connectivity index (χ4v) is 4.19. The minimum absolute atomic E-state index is 0.237. The number of hydrogen-bond acceptors (Lipinski definition) is 3. The zero-order chi connectivity index (χ0) is 25.1. The second-order valence-electron chi connectivity index (χ2n) is 9.69. The van der Waals surface area contributed by atoms with E-state index in [1.165, 1.54) is 69.8 Å². The molecule has 0 aliphatic rings. The third-order valence-corrected chi connectivity index (χ3v) is 6.60. The molecule has 196 valence electrons. The van der Waals surface area contributed by atoms with Crippen molar-refractivity contribution in [1.82, 2.24) is 9.97 Å². The fourth-order valence-electron chi connectivity index (χ4n) is 4.19. The molecule has 0 amide bonds. The van der Waals surface area contributed by atoms with Gasteiger partial charge in [0, 0.05) is 12.0 Å². The van der Waals surface area contributed by atoms with Gasteiger partial charge in [0.25, 0.3) is 0 Å². The topological polar surface area (TPSA) is 35.0 Å². The molecule has 0 N–H and O–H groups in total. The lowest BCUT2D eigenvalue weighted by Gasteiger charge is -2.11. The normalized spacial score (nSPS) is 13.0. The predicted octanol–water partition coefficient (Wildman–Crippen LogP) is 9.24. The minimum Gasteiger partial charge on any atom is -0.490 e. The first-order valence-electron chi connectivity index (χ1n) is 13.9. The Kier molecular flexibility index (Phi) is 15.2. The molecular weight excluding hydrogens is 442 g/mol. The summed E-state index contributed by atoms with van der Waals surface area (Å²) in [6.45, 7) is 4.28. The highest BCUT2D eigenvalue weighted by Crippen LogP contribution is 2.20. The summed E-state index contributed by atoms with van der Waals surface area (Å²) in [7, 11) is 0. The van der Waals surface area contributed by atoms with E-state index in [0.717, 1.165) is 12.0 Å². The maximum atomic E-state index is 13.8. The van der Waals surface area contributed by atoms with Crippen molar-refractivity contribution in [3.05, 3.63) is 42.2 Å². The first-order chi connectivity index (χ1) is 17.1. The molecule has 1 aromatic carbocycles. The van der Waals surface area contributed by atoms with Gasteiger partial charge in [-0.1, -0.05) is 95.9 Å². The second kappa shape index (κ2) is 18.3. The molecule has 0 aliphatic heterocycles. The Labute approximate surface area is 212 Å². The van der Waals surface area contributed by atoms with Crippen LogP contribution in [-0.2, 0) is 6.42 Å². The summed E-state index contributed by atoms with van der Waals surface area (Å²) in [6.07, 6.45) is 17.2. The van der Waals surface area contributed by atoms with E-state index in [0.29, 0.717) is 18.0 Å². The third kappa shape index (κ3) is 13.0. The van der Waals surface area contributed by atoms with Crippen LogP contribution >= 0.6 is 0 Å². The summed E-state index contributed by atoms with van der Waals surface area (Å²) in [5, 5.41) is 0. The Morgan fingerprint density at radius 1 is 0.714 bits per heavy atom. The molecule has 0 radical (unpaired) electrons. The van der Waals surface area contributed by atoms with Crippen molar-refractivity contribution >= 4 is 0 Å². The second-order valence-corrected chi connectivity index (χ2v) is 9.69. The summed E-state index contributed by atoms with van der Waals surface area (Å²) in [5.41, 5.74) is 2.33. The maximum Gasteiger partial charge on any atom is 0.159 e. The van der Waals surface area contributed by atoms with Crippen LogP contribution in [0.1, 0.15) is 109 Å². The van der Waals surface area contributed by atoms with Crippen molar-refractivity contribution in [1.29, 1.82) is 0 Å². The molecule has 2 unspecified atom stereocenters. The Bertz CT molecular complexity index is 767. The fraction of sp³-hybridized carbons (Fsp3) is 0.667. The smallest absolute Gasteiger partial charge is 0.159 e. The first-order valence-corrected chi connectivity index (χ1v) is 13.9. The van der Waals surface area contributed by atoms with Gasteiger partial charge < -0.3 is 4.74 Å². The molecule has 0 saturated carbocycles. The Balaban J connectivity index is 1.61. The van der Waals surface area contributed by atoms with Crippen molar-refractivity contribution in [2.24, 2.45) is 0 Å². The molecular formula is C30H46F2N2O. The third-order valence-electron chi connectivity index (χ3n) is 6.60. The standard InChI is InChI=1S/C30H46F2N2O/c1-3-5-6-7-8-9-10-11-12-13-14-25-15-17-26(18-16-25)30-33-23-29(24-34-30)35-22-21-28(32)20-19-27(31)4-2/h15-18,23-24,27-28H,3-14,19-22H2,1-2H3. The van der Waals surface area contributed by atoms with E-state index in [9.17, 15) is 8.78 Å². The van der Waals surface area contributed by atoms with Crippen molar-refractivity contribution in [2.75, 3.05) is 6.61 Å². The number of benzene rings is 1. The van der Waals surface area contributed by atoms with E-state index in [4.69, 9.17) is 4.74 Å². The van der Waals surface area contributed by atoms with Crippen molar-refractivity contribution in [2.45, 2.75) is 123 Å². The highest BCUT2D eigenvalue weighted by Gasteiger charge is 2.11. The number of unbranched alkanes of at least 4 members (excludes halogenated alkanes) is 9. The molecule has 1 aromatic heterocycles. The molecule has 2 aromatic rings. The molecule has 1 heterocycles. The van der Waals surface area contributed by atoms with Crippen LogP contribution in [0.4, 0.5) is 8.78 Å². The molecule has 2 rings (SSSR count). The Hall–Kier alpha value is -2.04. The highest BCUT2D eigenvalue weighted by atomic mass is 19.1. The van der Waals surface area contributed by atoms with E-state index in [-0.39, 0.29) is 25.9 Å². The van der Waals surface area contributed by atoms with Crippen LogP contribution in [0.3, 0.4) is 0 Å². The van der Waals surface area contributed by atoms with Gasteiger partial charge >= 0.3 is 0 Å². The number of ether oxygens (including phenoxy) is 1. The van der Waals surface area contributed by atoms with E-state index in [1.54, 1.807) is 19.3 Å². The molecule has 5 heteroatoms. The van der Waals surface area contributed by atoms with E-state index >= 15 is 0 Å². The average molecular weight is 489 g/mol. The van der Waals surface area contributed by atoms with Gasteiger partial charge in [-0.3, -0.25) is 0 Å². The van der Waals surface area contributed by atoms with Crippen LogP contribution < -0.4 is 4.74 Å². The van der Waals surface area contributed by atoms with E-state index in [2.05, 4.69) is 41.2 Å². The zero-order valence-corrected chi connectivity index (χ0v) is 22.0. The number of hydrogen-bond donors (Lipinski definition) is 0. The summed E-state index contributed by atoms with van der Waals surface area (Å²) in [6, 6.07) is 8.48. The number of nitrogens with zero attached hydrogens (tertiary/aromatic N) is 2. The van der Waals surface area contributed by atoms with Gasteiger partial charge in [0.15, 0.2) is 11.6 Å².